The maximum absolute atomic E-state index is 5.96. The standard InChI is InChI=1S/C21H20N2OS/c1-2-16-10-6-7-13-18(16)22-21(25)23-19-14-8-9-15-20(19)24-17-11-4-3-5-12-17/h3-15H,2H2,1H3,(H2,22,23,25). The van der Waals surface area contributed by atoms with Gasteiger partial charge in [0.1, 0.15) is 5.75 Å². The highest BCUT2D eigenvalue weighted by atomic mass is 32.1. The van der Waals surface area contributed by atoms with Gasteiger partial charge in [-0.2, -0.15) is 0 Å². The molecule has 3 aromatic rings. The van der Waals surface area contributed by atoms with E-state index in [4.69, 9.17) is 17.0 Å². The molecule has 3 aromatic carbocycles. The molecule has 126 valence electrons. The molecule has 0 atom stereocenters. The van der Waals surface area contributed by atoms with E-state index in [1.807, 2.05) is 72.8 Å². The Labute approximate surface area is 153 Å². The molecular weight excluding hydrogens is 328 g/mol. The molecular formula is C21H20N2OS. The minimum Gasteiger partial charge on any atom is -0.455 e. The predicted octanol–water partition coefficient (Wildman–Crippen LogP) is 5.85. The number of thiocarbonyl (C=S) groups is 1. The first-order valence-corrected chi connectivity index (χ1v) is 8.65. The number of benzene rings is 3. The van der Waals surface area contributed by atoms with E-state index in [-0.39, 0.29) is 0 Å². The van der Waals surface area contributed by atoms with Gasteiger partial charge in [0.25, 0.3) is 0 Å². The highest BCUT2D eigenvalue weighted by Crippen LogP contribution is 2.29. The van der Waals surface area contributed by atoms with Crippen molar-refractivity contribution in [2.24, 2.45) is 0 Å². The summed E-state index contributed by atoms with van der Waals surface area (Å²) in [6.45, 7) is 2.12. The zero-order valence-electron chi connectivity index (χ0n) is 14.0. The number of hydrogen-bond acceptors (Lipinski definition) is 2. The Hall–Kier alpha value is -2.85. The molecule has 4 heteroatoms. The molecule has 0 aliphatic rings. The zero-order valence-corrected chi connectivity index (χ0v) is 14.8. The van der Waals surface area contributed by atoms with E-state index in [0.29, 0.717) is 5.11 Å². The second kappa shape index (κ2) is 8.31. The SMILES string of the molecule is CCc1ccccc1NC(=S)Nc1ccccc1Oc1ccccc1. The van der Waals surface area contributed by atoms with Crippen LogP contribution >= 0.6 is 12.2 Å². The first-order chi connectivity index (χ1) is 12.3. The molecule has 0 spiro atoms. The summed E-state index contributed by atoms with van der Waals surface area (Å²) in [4.78, 5) is 0. The van der Waals surface area contributed by atoms with Crippen molar-refractivity contribution in [3.63, 3.8) is 0 Å². The van der Waals surface area contributed by atoms with Gasteiger partial charge in [-0.15, -0.1) is 0 Å². The number of hydrogen-bond donors (Lipinski definition) is 2. The van der Waals surface area contributed by atoms with Crippen LogP contribution in [0.25, 0.3) is 0 Å². The van der Waals surface area contributed by atoms with Crippen LogP contribution in [-0.4, -0.2) is 5.11 Å². The first-order valence-electron chi connectivity index (χ1n) is 8.24. The van der Waals surface area contributed by atoms with Crippen molar-refractivity contribution >= 4 is 28.7 Å². The number of ether oxygens (including phenoxy) is 1. The average Bonchev–Trinajstić information content (AvgIpc) is 2.64. The Morgan fingerprint density at radius 1 is 0.800 bits per heavy atom. The molecule has 0 amide bonds. The van der Waals surface area contributed by atoms with E-state index in [1.165, 1.54) is 5.56 Å². The summed E-state index contributed by atoms with van der Waals surface area (Å²) in [6.07, 6.45) is 0.944. The predicted molar refractivity (Wildman–Crippen MR) is 109 cm³/mol. The summed E-state index contributed by atoms with van der Waals surface area (Å²) in [5.74, 6) is 1.51. The monoisotopic (exact) mass is 348 g/mol. The summed E-state index contributed by atoms with van der Waals surface area (Å²) in [7, 11) is 0. The first kappa shape index (κ1) is 17.0. The highest BCUT2D eigenvalue weighted by Gasteiger charge is 2.07. The van der Waals surface area contributed by atoms with Gasteiger partial charge in [0.2, 0.25) is 0 Å². The molecule has 0 bridgehead atoms. The number of anilines is 2. The fourth-order valence-electron chi connectivity index (χ4n) is 2.50. The lowest BCUT2D eigenvalue weighted by Gasteiger charge is -2.16. The van der Waals surface area contributed by atoms with Crippen LogP contribution < -0.4 is 15.4 Å². The molecule has 0 saturated carbocycles. The van der Waals surface area contributed by atoms with Gasteiger partial charge in [0.15, 0.2) is 10.9 Å². The minimum absolute atomic E-state index is 0.532. The normalized spacial score (nSPS) is 10.1. The van der Waals surface area contributed by atoms with Crippen LogP contribution in [0.5, 0.6) is 11.5 Å². The van der Waals surface area contributed by atoms with Gasteiger partial charge in [0.05, 0.1) is 5.69 Å². The summed E-state index contributed by atoms with van der Waals surface area (Å²) < 4.78 is 5.96. The molecule has 2 N–H and O–H groups in total. The quantitative estimate of drug-likeness (QED) is 0.567. The third-order valence-corrected chi connectivity index (χ3v) is 3.96. The van der Waals surface area contributed by atoms with Crippen molar-refractivity contribution in [1.29, 1.82) is 0 Å². The molecule has 3 nitrogen and oxygen atoms in total. The Balaban J connectivity index is 1.73. The van der Waals surface area contributed by atoms with Crippen molar-refractivity contribution in [3.05, 3.63) is 84.4 Å². The van der Waals surface area contributed by atoms with Crippen molar-refractivity contribution in [2.45, 2.75) is 13.3 Å². The zero-order chi connectivity index (χ0) is 17.5. The molecule has 0 saturated heterocycles. The molecule has 0 aliphatic carbocycles. The van der Waals surface area contributed by atoms with Gasteiger partial charge in [0, 0.05) is 5.69 Å². The van der Waals surface area contributed by atoms with Crippen LogP contribution in [0, 0.1) is 0 Å². The van der Waals surface area contributed by atoms with Crippen LogP contribution in [0.15, 0.2) is 78.9 Å². The van der Waals surface area contributed by atoms with Gasteiger partial charge in [-0.05, 0) is 54.5 Å². The fourth-order valence-corrected chi connectivity index (χ4v) is 2.72. The summed E-state index contributed by atoms with van der Waals surface area (Å²) in [6, 6.07) is 25.6. The highest BCUT2D eigenvalue weighted by molar-refractivity contribution is 7.80. The van der Waals surface area contributed by atoms with Crippen LogP contribution in [0.3, 0.4) is 0 Å². The lowest BCUT2D eigenvalue weighted by Crippen LogP contribution is -2.20. The van der Waals surface area contributed by atoms with Crippen LogP contribution in [0.4, 0.5) is 11.4 Å². The number of para-hydroxylation sites is 4. The molecule has 0 radical (unpaired) electrons. The third kappa shape index (κ3) is 4.58. The maximum Gasteiger partial charge on any atom is 0.175 e. The Bertz CT molecular complexity index is 849. The van der Waals surface area contributed by atoms with Gasteiger partial charge in [-0.25, -0.2) is 0 Å². The molecule has 0 fully saturated rings. The Morgan fingerprint density at radius 2 is 1.40 bits per heavy atom. The van der Waals surface area contributed by atoms with Crippen molar-refractivity contribution in [3.8, 4) is 11.5 Å². The second-order valence-electron chi connectivity index (χ2n) is 5.50. The molecule has 25 heavy (non-hydrogen) atoms. The minimum atomic E-state index is 0.532. The molecule has 0 aliphatic heterocycles. The number of aryl methyl sites for hydroxylation is 1. The maximum atomic E-state index is 5.96. The topological polar surface area (TPSA) is 33.3 Å². The number of rotatable bonds is 5. The Morgan fingerprint density at radius 3 is 2.16 bits per heavy atom. The van der Waals surface area contributed by atoms with E-state index >= 15 is 0 Å². The smallest absolute Gasteiger partial charge is 0.175 e. The van der Waals surface area contributed by atoms with Crippen molar-refractivity contribution in [2.75, 3.05) is 10.6 Å². The lowest BCUT2D eigenvalue weighted by molar-refractivity contribution is 0.485. The van der Waals surface area contributed by atoms with Gasteiger partial charge in [-0.3, -0.25) is 0 Å². The summed E-state index contributed by atoms with van der Waals surface area (Å²) in [5.41, 5.74) is 3.06. The van der Waals surface area contributed by atoms with E-state index in [9.17, 15) is 0 Å². The van der Waals surface area contributed by atoms with Crippen LogP contribution in [0.1, 0.15) is 12.5 Å². The lowest BCUT2D eigenvalue weighted by atomic mass is 10.1. The van der Waals surface area contributed by atoms with Crippen molar-refractivity contribution < 1.29 is 4.74 Å². The van der Waals surface area contributed by atoms with E-state index in [2.05, 4.69) is 23.6 Å². The van der Waals surface area contributed by atoms with E-state index in [1.54, 1.807) is 0 Å². The second-order valence-corrected chi connectivity index (χ2v) is 5.91. The van der Waals surface area contributed by atoms with Gasteiger partial charge in [-0.1, -0.05) is 55.5 Å². The van der Waals surface area contributed by atoms with Crippen LogP contribution in [-0.2, 0) is 6.42 Å². The summed E-state index contributed by atoms with van der Waals surface area (Å²) >= 11 is 5.47. The molecule has 0 aromatic heterocycles. The third-order valence-electron chi connectivity index (χ3n) is 3.75. The molecule has 0 unspecified atom stereocenters. The molecule has 0 heterocycles. The van der Waals surface area contributed by atoms with E-state index < -0.39 is 0 Å². The molecule has 3 rings (SSSR count). The van der Waals surface area contributed by atoms with E-state index in [0.717, 1.165) is 29.3 Å². The number of nitrogens with one attached hydrogen (secondary N) is 2. The summed E-state index contributed by atoms with van der Waals surface area (Å²) in [5, 5.41) is 7.02. The van der Waals surface area contributed by atoms with Crippen molar-refractivity contribution in [1.82, 2.24) is 0 Å². The largest absolute Gasteiger partial charge is 0.455 e. The fraction of sp³-hybridized carbons (Fsp3) is 0.0952. The van der Waals surface area contributed by atoms with Gasteiger partial charge < -0.3 is 15.4 Å². The Kier molecular flexibility index (Phi) is 5.65. The average molecular weight is 348 g/mol. The van der Waals surface area contributed by atoms with Crippen LogP contribution in [0.2, 0.25) is 0 Å². The van der Waals surface area contributed by atoms with Gasteiger partial charge >= 0.3 is 0 Å².